The van der Waals surface area contributed by atoms with Crippen molar-refractivity contribution in [1.82, 2.24) is 15.0 Å². The zero-order valence-corrected chi connectivity index (χ0v) is 30.9. The van der Waals surface area contributed by atoms with Crippen LogP contribution in [0.25, 0.3) is 110 Å². The van der Waals surface area contributed by atoms with Crippen molar-refractivity contribution >= 4 is 53.4 Å². The third-order valence-corrected chi connectivity index (χ3v) is 11.7. The number of furan rings is 1. The number of nitrogens with zero attached hydrogens (tertiary/aromatic N) is 3. The minimum Gasteiger partial charge on any atom is -0.456 e. The van der Waals surface area contributed by atoms with Gasteiger partial charge in [-0.2, -0.15) is 0 Å². The lowest BCUT2D eigenvalue weighted by atomic mass is 10.00. The SMILES string of the molecule is c1ccc(-c2ccc(-c3nc(-c4cccc(-c5ccc6c(c5)oc5ccc(-c7ccccc7)cc56)c4)nc(-c4ccc5c(c4)sc4ccccc45)n3)cc2)cc1. The number of rotatable bonds is 6. The van der Waals surface area contributed by atoms with Gasteiger partial charge in [-0.1, -0.05) is 146 Å². The van der Waals surface area contributed by atoms with Gasteiger partial charge in [0.25, 0.3) is 0 Å². The number of hydrogen-bond donors (Lipinski definition) is 0. The molecule has 5 heteroatoms. The molecule has 0 aliphatic rings. The van der Waals surface area contributed by atoms with Crippen molar-refractivity contribution in [2.24, 2.45) is 0 Å². The summed E-state index contributed by atoms with van der Waals surface area (Å²) in [6.45, 7) is 0. The zero-order chi connectivity index (χ0) is 37.0. The van der Waals surface area contributed by atoms with Gasteiger partial charge in [0.05, 0.1) is 0 Å². The van der Waals surface area contributed by atoms with Gasteiger partial charge in [-0.3, -0.25) is 0 Å². The first-order chi connectivity index (χ1) is 27.7. The summed E-state index contributed by atoms with van der Waals surface area (Å²) in [4.78, 5) is 15.3. The summed E-state index contributed by atoms with van der Waals surface area (Å²) < 4.78 is 8.88. The van der Waals surface area contributed by atoms with Crippen LogP contribution >= 0.6 is 11.3 Å². The third-order valence-electron chi connectivity index (χ3n) is 10.6. The van der Waals surface area contributed by atoms with Crippen molar-refractivity contribution in [3.8, 4) is 67.5 Å². The van der Waals surface area contributed by atoms with Crippen molar-refractivity contribution in [1.29, 1.82) is 0 Å². The summed E-state index contributed by atoms with van der Waals surface area (Å²) in [5, 5.41) is 4.71. The predicted molar refractivity (Wildman–Crippen MR) is 233 cm³/mol. The Morgan fingerprint density at radius 3 is 1.57 bits per heavy atom. The lowest BCUT2D eigenvalue weighted by Crippen LogP contribution is -2.00. The van der Waals surface area contributed by atoms with Crippen LogP contribution in [0.15, 0.2) is 192 Å². The Labute approximate surface area is 327 Å². The molecular formula is C51H31N3OS. The van der Waals surface area contributed by atoms with E-state index in [1.807, 2.05) is 12.1 Å². The molecule has 11 rings (SSSR count). The van der Waals surface area contributed by atoms with E-state index in [1.54, 1.807) is 11.3 Å². The molecule has 262 valence electrons. The molecule has 11 aromatic rings. The zero-order valence-electron chi connectivity index (χ0n) is 30.1. The van der Waals surface area contributed by atoms with Gasteiger partial charge >= 0.3 is 0 Å². The highest BCUT2D eigenvalue weighted by atomic mass is 32.1. The summed E-state index contributed by atoms with van der Waals surface area (Å²) in [5.74, 6) is 1.89. The number of thiophene rings is 1. The van der Waals surface area contributed by atoms with Crippen LogP contribution in [0.2, 0.25) is 0 Å². The van der Waals surface area contributed by atoms with E-state index >= 15 is 0 Å². The van der Waals surface area contributed by atoms with Crippen LogP contribution in [-0.2, 0) is 0 Å². The van der Waals surface area contributed by atoms with Crippen molar-refractivity contribution in [3.05, 3.63) is 188 Å². The number of benzene rings is 8. The molecule has 0 spiro atoms. The fourth-order valence-corrected chi connectivity index (χ4v) is 8.82. The minimum absolute atomic E-state index is 0.619. The summed E-state index contributed by atoms with van der Waals surface area (Å²) in [5.41, 5.74) is 11.3. The standard InChI is InChI=1S/C51H31N3OS/c1-3-10-32(11-4-1)34-18-20-35(21-19-34)49-52-50(54-51(53-49)40-23-26-43-42-16-7-8-17-47(42)56-48(43)31-40)39-15-9-14-36(28-39)38-22-25-41-44-29-37(33-12-5-2-6-13-33)24-27-45(44)55-46(41)30-38/h1-31H. The normalized spacial score (nSPS) is 11.6. The van der Waals surface area contributed by atoms with Crippen molar-refractivity contribution < 1.29 is 4.42 Å². The largest absolute Gasteiger partial charge is 0.456 e. The topological polar surface area (TPSA) is 51.8 Å². The molecule has 3 heterocycles. The molecular weight excluding hydrogens is 703 g/mol. The van der Waals surface area contributed by atoms with E-state index in [9.17, 15) is 0 Å². The molecule has 0 bridgehead atoms. The Hall–Kier alpha value is -7.21. The van der Waals surface area contributed by atoms with Crippen LogP contribution in [0.3, 0.4) is 0 Å². The third kappa shape index (κ3) is 5.74. The number of aromatic nitrogens is 3. The molecule has 0 unspecified atom stereocenters. The van der Waals surface area contributed by atoms with E-state index in [-0.39, 0.29) is 0 Å². The van der Waals surface area contributed by atoms with Crippen LogP contribution in [0.4, 0.5) is 0 Å². The molecule has 0 N–H and O–H groups in total. The monoisotopic (exact) mass is 733 g/mol. The first-order valence-corrected chi connectivity index (χ1v) is 19.5. The Balaban J connectivity index is 1.00. The highest BCUT2D eigenvalue weighted by molar-refractivity contribution is 7.25. The average Bonchev–Trinajstić information content (AvgIpc) is 3.84. The summed E-state index contributed by atoms with van der Waals surface area (Å²) in [6.07, 6.45) is 0. The predicted octanol–water partition coefficient (Wildman–Crippen LogP) is 14.1. The van der Waals surface area contributed by atoms with Crippen LogP contribution < -0.4 is 0 Å². The van der Waals surface area contributed by atoms with Gasteiger partial charge in [0.1, 0.15) is 11.2 Å². The minimum atomic E-state index is 0.619. The molecule has 0 aliphatic heterocycles. The van der Waals surface area contributed by atoms with Gasteiger partial charge < -0.3 is 4.42 Å². The summed E-state index contributed by atoms with van der Waals surface area (Å²) >= 11 is 1.79. The molecule has 8 aromatic carbocycles. The van der Waals surface area contributed by atoms with E-state index in [0.29, 0.717) is 17.5 Å². The molecule has 0 radical (unpaired) electrons. The maximum Gasteiger partial charge on any atom is 0.164 e. The molecule has 0 aliphatic carbocycles. The average molecular weight is 734 g/mol. The van der Waals surface area contributed by atoms with Gasteiger partial charge in [-0.15, -0.1) is 11.3 Å². The Kier molecular flexibility index (Phi) is 7.64. The van der Waals surface area contributed by atoms with E-state index in [2.05, 4.69) is 176 Å². The van der Waals surface area contributed by atoms with Crippen LogP contribution in [0, 0.1) is 0 Å². The molecule has 0 atom stereocenters. The van der Waals surface area contributed by atoms with Gasteiger partial charge in [-0.25, -0.2) is 15.0 Å². The Morgan fingerprint density at radius 2 is 0.786 bits per heavy atom. The van der Waals surface area contributed by atoms with Crippen molar-refractivity contribution in [2.75, 3.05) is 0 Å². The molecule has 0 saturated heterocycles. The van der Waals surface area contributed by atoms with Gasteiger partial charge in [0.15, 0.2) is 17.5 Å². The fourth-order valence-electron chi connectivity index (χ4n) is 7.68. The van der Waals surface area contributed by atoms with Gasteiger partial charge in [-0.05, 0) is 75.8 Å². The van der Waals surface area contributed by atoms with E-state index in [4.69, 9.17) is 19.4 Å². The maximum absolute atomic E-state index is 6.40. The van der Waals surface area contributed by atoms with Crippen molar-refractivity contribution in [3.63, 3.8) is 0 Å². The molecule has 4 nitrogen and oxygen atoms in total. The number of hydrogen-bond acceptors (Lipinski definition) is 5. The first kappa shape index (κ1) is 32.2. The summed E-state index contributed by atoms with van der Waals surface area (Å²) in [7, 11) is 0. The lowest BCUT2D eigenvalue weighted by molar-refractivity contribution is 0.669. The van der Waals surface area contributed by atoms with Crippen LogP contribution in [-0.4, -0.2) is 15.0 Å². The van der Waals surface area contributed by atoms with E-state index in [1.165, 1.54) is 36.9 Å². The molecule has 56 heavy (non-hydrogen) atoms. The van der Waals surface area contributed by atoms with Gasteiger partial charge in [0, 0.05) is 47.6 Å². The second-order valence-electron chi connectivity index (χ2n) is 14.0. The smallest absolute Gasteiger partial charge is 0.164 e. The molecule has 0 amide bonds. The molecule has 0 saturated carbocycles. The second kappa shape index (κ2) is 13.3. The highest BCUT2D eigenvalue weighted by Gasteiger charge is 2.16. The molecule has 0 fully saturated rings. The molecule has 3 aromatic heterocycles. The fraction of sp³-hybridized carbons (Fsp3) is 0. The van der Waals surface area contributed by atoms with E-state index < -0.39 is 0 Å². The Morgan fingerprint density at radius 1 is 0.286 bits per heavy atom. The van der Waals surface area contributed by atoms with Crippen LogP contribution in [0.5, 0.6) is 0 Å². The van der Waals surface area contributed by atoms with Crippen molar-refractivity contribution in [2.45, 2.75) is 0 Å². The maximum atomic E-state index is 6.40. The highest BCUT2D eigenvalue weighted by Crippen LogP contribution is 2.38. The van der Waals surface area contributed by atoms with E-state index in [0.717, 1.165) is 55.3 Å². The summed E-state index contributed by atoms with van der Waals surface area (Å²) in [6, 6.07) is 65.7. The van der Waals surface area contributed by atoms with Gasteiger partial charge in [0.2, 0.25) is 0 Å². The lowest BCUT2D eigenvalue weighted by Gasteiger charge is -2.10. The van der Waals surface area contributed by atoms with Crippen LogP contribution in [0.1, 0.15) is 0 Å². The first-order valence-electron chi connectivity index (χ1n) is 18.7. The number of fused-ring (bicyclic) bond motifs is 6. The quantitative estimate of drug-likeness (QED) is 0.171. The Bertz CT molecular complexity index is 3240. The second-order valence-corrected chi connectivity index (χ2v) is 15.1.